The third-order valence-corrected chi connectivity index (χ3v) is 6.96. The van der Waals surface area contributed by atoms with E-state index in [1.54, 1.807) is 0 Å². The molecular weight excluding hydrogens is 342 g/mol. The van der Waals surface area contributed by atoms with Crippen LogP contribution < -0.4 is 16.0 Å². The highest BCUT2D eigenvalue weighted by molar-refractivity contribution is 5.81. The number of carbonyl (C=O) groups is 1. The summed E-state index contributed by atoms with van der Waals surface area (Å²) in [7, 11) is 0. The Balaban J connectivity index is 1.49. The lowest BCUT2D eigenvalue weighted by Gasteiger charge is -2.30. The molecule has 1 aromatic rings. The van der Waals surface area contributed by atoms with Gasteiger partial charge in [0.15, 0.2) is 0 Å². The third-order valence-electron chi connectivity index (χ3n) is 6.96. The van der Waals surface area contributed by atoms with Crippen LogP contribution in [0.1, 0.15) is 45.7 Å². The molecule has 4 atom stereocenters. The Hall–Kier alpha value is -1.89. The van der Waals surface area contributed by atoms with Crippen LogP contribution in [0.5, 0.6) is 0 Å². The van der Waals surface area contributed by atoms with Crippen LogP contribution >= 0.6 is 0 Å². The van der Waals surface area contributed by atoms with E-state index in [4.69, 9.17) is 10.5 Å². The van der Waals surface area contributed by atoms with Crippen molar-refractivity contribution in [3.05, 3.63) is 11.8 Å². The Labute approximate surface area is 161 Å². The molecular formula is C20H31N5O2. The topological polar surface area (TPSA) is 93.4 Å². The monoisotopic (exact) mass is 373 g/mol. The van der Waals surface area contributed by atoms with Gasteiger partial charge in [0, 0.05) is 48.6 Å². The molecule has 1 amide bonds. The molecule has 3 N–H and O–H groups in total. The lowest BCUT2D eigenvalue weighted by molar-refractivity contribution is -0.129. The van der Waals surface area contributed by atoms with Crippen molar-refractivity contribution in [3.8, 4) is 0 Å². The molecule has 3 saturated heterocycles. The fourth-order valence-corrected chi connectivity index (χ4v) is 4.98. The zero-order valence-electron chi connectivity index (χ0n) is 16.8. The number of hydrogen-bond donors (Lipinski definition) is 2. The quantitative estimate of drug-likeness (QED) is 0.819. The summed E-state index contributed by atoms with van der Waals surface area (Å²) in [5, 5.41) is 3.20. The van der Waals surface area contributed by atoms with Crippen LogP contribution in [-0.4, -0.2) is 47.2 Å². The molecule has 7 nitrogen and oxygen atoms in total. The summed E-state index contributed by atoms with van der Waals surface area (Å²) in [6, 6.07) is 1.99. The van der Waals surface area contributed by atoms with Crippen molar-refractivity contribution >= 4 is 17.7 Å². The lowest BCUT2D eigenvalue weighted by Crippen LogP contribution is -2.44. The fourth-order valence-electron chi connectivity index (χ4n) is 4.98. The van der Waals surface area contributed by atoms with Gasteiger partial charge >= 0.3 is 0 Å². The first-order valence-corrected chi connectivity index (χ1v) is 10.1. The number of aromatic nitrogens is 2. The van der Waals surface area contributed by atoms with E-state index in [0.717, 1.165) is 43.9 Å². The van der Waals surface area contributed by atoms with Crippen LogP contribution in [0.4, 0.5) is 11.8 Å². The Morgan fingerprint density at radius 1 is 1.48 bits per heavy atom. The lowest BCUT2D eigenvalue weighted by atomic mass is 9.73. The molecule has 0 saturated carbocycles. The number of nitrogens with zero attached hydrogens (tertiary/aromatic N) is 3. The molecule has 27 heavy (non-hydrogen) atoms. The van der Waals surface area contributed by atoms with Gasteiger partial charge in [-0.05, 0) is 26.2 Å². The van der Waals surface area contributed by atoms with Crippen molar-refractivity contribution in [2.45, 2.75) is 58.7 Å². The molecule has 1 aromatic heterocycles. The van der Waals surface area contributed by atoms with Crippen molar-refractivity contribution in [1.82, 2.24) is 15.3 Å². The standard InChI is InChI=1S/C20H31N5O2/c1-5-19(3,4)17(26)22-9-13-14-10-25(11-20(14)7-6-15(13)27-20)16-8-12(2)23-18(21)24-16/h8,13-15H,5-7,9-11H2,1-4H3,(H,22,26)(H2,21,23,24)/t13-,14+,15+,20+/m0/s1. The van der Waals surface area contributed by atoms with Crippen LogP contribution in [0.25, 0.3) is 0 Å². The SMILES string of the molecule is CCC(C)(C)C(=O)NC[C@H]1[C@H]2CN(c3cc(C)nc(N)n3)C[C@]23CC[C@H]1O3. The van der Waals surface area contributed by atoms with Crippen molar-refractivity contribution in [3.63, 3.8) is 0 Å². The minimum Gasteiger partial charge on any atom is -0.369 e. The minimum absolute atomic E-state index is 0.103. The van der Waals surface area contributed by atoms with Crippen LogP contribution in [0.3, 0.4) is 0 Å². The van der Waals surface area contributed by atoms with Crippen LogP contribution in [0, 0.1) is 24.2 Å². The number of carbonyl (C=O) groups excluding carboxylic acids is 1. The van der Waals surface area contributed by atoms with Gasteiger partial charge in [-0.25, -0.2) is 4.98 Å². The highest BCUT2D eigenvalue weighted by Gasteiger charge is 2.63. The van der Waals surface area contributed by atoms with Crippen LogP contribution in [0.2, 0.25) is 0 Å². The first kappa shape index (κ1) is 18.5. The molecule has 3 aliphatic rings. The molecule has 0 radical (unpaired) electrons. The molecule has 4 rings (SSSR count). The number of hydrogen-bond acceptors (Lipinski definition) is 6. The minimum atomic E-state index is -0.326. The second-order valence-corrected chi connectivity index (χ2v) is 9.08. The van der Waals surface area contributed by atoms with Crippen LogP contribution in [-0.2, 0) is 9.53 Å². The highest BCUT2D eigenvalue weighted by atomic mass is 16.5. The summed E-state index contributed by atoms with van der Waals surface area (Å²) >= 11 is 0. The van der Waals surface area contributed by atoms with Gasteiger partial charge in [-0.2, -0.15) is 4.98 Å². The number of ether oxygens (including phenoxy) is 1. The average molecular weight is 374 g/mol. The molecule has 4 heterocycles. The van der Waals surface area contributed by atoms with Gasteiger partial charge in [0.05, 0.1) is 11.7 Å². The number of amides is 1. The van der Waals surface area contributed by atoms with Crippen molar-refractivity contribution in [1.29, 1.82) is 0 Å². The van der Waals surface area contributed by atoms with Gasteiger partial charge in [0.2, 0.25) is 11.9 Å². The maximum Gasteiger partial charge on any atom is 0.225 e. The van der Waals surface area contributed by atoms with Gasteiger partial charge in [-0.1, -0.05) is 20.8 Å². The molecule has 3 fully saturated rings. The van der Waals surface area contributed by atoms with E-state index in [9.17, 15) is 4.79 Å². The van der Waals surface area contributed by atoms with Gasteiger partial charge in [0.1, 0.15) is 5.82 Å². The molecule has 0 unspecified atom stereocenters. The number of aryl methyl sites for hydroxylation is 1. The molecule has 7 heteroatoms. The summed E-state index contributed by atoms with van der Waals surface area (Å²) in [5.74, 6) is 2.11. The largest absolute Gasteiger partial charge is 0.369 e. The van der Waals surface area contributed by atoms with Gasteiger partial charge < -0.3 is 20.7 Å². The Kier molecular flexibility index (Phi) is 4.33. The second kappa shape index (κ2) is 6.33. The molecule has 0 aliphatic carbocycles. The molecule has 3 aliphatic heterocycles. The summed E-state index contributed by atoms with van der Waals surface area (Å²) < 4.78 is 6.49. The zero-order valence-corrected chi connectivity index (χ0v) is 16.8. The zero-order chi connectivity index (χ0) is 19.4. The van der Waals surface area contributed by atoms with Gasteiger partial charge in [0.25, 0.3) is 0 Å². The van der Waals surface area contributed by atoms with Crippen molar-refractivity contribution in [2.75, 3.05) is 30.3 Å². The molecule has 0 aromatic carbocycles. The smallest absolute Gasteiger partial charge is 0.225 e. The molecule has 2 bridgehead atoms. The predicted octanol–water partition coefficient (Wildman–Crippen LogP) is 1.90. The summed E-state index contributed by atoms with van der Waals surface area (Å²) in [5.41, 5.74) is 6.30. The molecule has 148 valence electrons. The maximum atomic E-state index is 12.5. The summed E-state index contributed by atoms with van der Waals surface area (Å²) in [6.45, 7) is 10.4. The fraction of sp³-hybridized carbons (Fsp3) is 0.750. The highest BCUT2D eigenvalue weighted by Crippen LogP contribution is 2.55. The van der Waals surface area contributed by atoms with E-state index in [0.29, 0.717) is 24.3 Å². The van der Waals surface area contributed by atoms with E-state index in [1.165, 1.54) is 0 Å². The number of nitrogens with one attached hydrogen (secondary N) is 1. The average Bonchev–Trinajstić information content (AvgIpc) is 3.27. The van der Waals surface area contributed by atoms with E-state index in [2.05, 4.69) is 27.1 Å². The molecule has 1 spiro atoms. The summed E-state index contributed by atoms with van der Waals surface area (Å²) in [4.78, 5) is 23.4. The van der Waals surface area contributed by atoms with Crippen molar-refractivity contribution < 1.29 is 9.53 Å². The first-order valence-electron chi connectivity index (χ1n) is 10.1. The number of nitrogen functional groups attached to an aromatic ring is 1. The van der Waals surface area contributed by atoms with E-state index in [-0.39, 0.29) is 23.0 Å². The van der Waals surface area contributed by atoms with E-state index in [1.807, 2.05) is 26.8 Å². The van der Waals surface area contributed by atoms with E-state index >= 15 is 0 Å². The number of anilines is 2. The predicted molar refractivity (Wildman–Crippen MR) is 104 cm³/mol. The summed E-state index contributed by atoms with van der Waals surface area (Å²) in [6.07, 6.45) is 3.26. The Bertz CT molecular complexity index is 732. The maximum absolute atomic E-state index is 12.5. The normalized spacial score (nSPS) is 32.0. The van der Waals surface area contributed by atoms with Gasteiger partial charge in [-0.3, -0.25) is 4.79 Å². The second-order valence-electron chi connectivity index (χ2n) is 9.08. The van der Waals surface area contributed by atoms with Crippen LogP contribution in [0.15, 0.2) is 6.07 Å². The number of fused-ring (bicyclic) bond motifs is 1. The first-order chi connectivity index (χ1) is 12.7. The Morgan fingerprint density at radius 2 is 2.26 bits per heavy atom. The van der Waals surface area contributed by atoms with Gasteiger partial charge in [-0.15, -0.1) is 0 Å². The van der Waals surface area contributed by atoms with E-state index < -0.39 is 0 Å². The third kappa shape index (κ3) is 3.06. The number of rotatable bonds is 5. The Morgan fingerprint density at radius 3 is 2.96 bits per heavy atom. The van der Waals surface area contributed by atoms with Crippen molar-refractivity contribution in [2.24, 2.45) is 17.3 Å². The number of nitrogens with two attached hydrogens (primary N) is 1.